The number of carbonyl (C=O) groups is 1. The van der Waals surface area contributed by atoms with E-state index in [0.717, 1.165) is 56.9 Å². The highest BCUT2D eigenvalue weighted by Crippen LogP contribution is 2.45. The first-order chi connectivity index (χ1) is 17.7. The fourth-order valence-electron chi connectivity index (χ4n) is 5.22. The summed E-state index contributed by atoms with van der Waals surface area (Å²) in [5.41, 5.74) is 1.32. The van der Waals surface area contributed by atoms with E-state index in [1.165, 1.54) is 0 Å². The van der Waals surface area contributed by atoms with Gasteiger partial charge in [-0.2, -0.15) is 0 Å². The summed E-state index contributed by atoms with van der Waals surface area (Å²) in [6.07, 6.45) is 0. The van der Waals surface area contributed by atoms with Gasteiger partial charge in [0.25, 0.3) is 0 Å². The summed E-state index contributed by atoms with van der Waals surface area (Å²) < 4.78 is 34.8. The molecule has 1 aliphatic carbocycles. The summed E-state index contributed by atoms with van der Waals surface area (Å²) in [5, 5.41) is 23.8. The molecule has 0 fully saturated rings. The first-order valence-corrected chi connectivity index (χ1v) is 11.4. The van der Waals surface area contributed by atoms with Crippen LogP contribution in [-0.2, 0) is 0 Å². The lowest BCUT2D eigenvalue weighted by Crippen LogP contribution is -2.08. The summed E-state index contributed by atoms with van der Waals surface area (Å²) in [6, 6.07) is 15.1. The SMILES string of the molecule is Cc1c2ccccc2c(C)c2cc(-c3c4cc(F)c(=O)cc-4oc4cc(O)c(F)cc34)c(C(=O)O)cc12. The number of hydrogen-bond acceptors (Lipinski definition) is 4. The Morgan fingerprint density at radius 3 is 2.08 bits per heavy atom. The van der Waals surface area contributed by atoms with Crippen LogP contribution in [0.25, 0.3) is 55.0 Å². The van der Waals surface area contributed by atoms with Gasteiger partial charge in [0.15, 0.2) is 17.4 Å². The number of aryl methyl sites for hydroxylation is 2. The van der Waals surface area contributed by atoms with Gasteiger partial charge in [0.05, 0.1) is 5.56 Å². The smallest absolute Gasteiger partial charge is 0.336 e. The van der Waals surface area contributed by atoms with Gasteiger partial charge in [-0.1, -0.05) is 24.3 Å². The largest absolute Gasteiger partial charge is 0.505 e. The number of rotatable bonds is 2. The van der Waals surface area contributed by atoms with Crippen LogP contribution in [0, 0.1) is 25.5 Å². The molecule has 1 heterocycles. The van der Waals surface area contributed by atoms with Gasteiger partial charge in [-0.3, -0.25) is 4.79 Å². The lowest BCUT2D eigenvalue weighted by Gasteiger charge is -2.19. The molecule has 0 amide bonds. The summed E-state index contributed by atoms with van der Waals surface area (Å²) >= 11 is 0. The maximum atomic E-state index is 14.6. The lowest BCUT2D eigenvalue weighted by molar-refractivity contribution is 0.0698. The summed E-state index contributed by atoms with van der Waals surface area (Å²) in [7, 11) is 0. The Labute approximate surface area is 208 Å². The van der Waals surface area contributed by atoms with Gasteiger partial charge in [0.1, 0.15) is 11.3 Å². The fourth-order valence-corrected chi connectivity index (χ4v) is 5.22. The van der Waals surface area contributed by atoms with Gasteiger partial charge in [-0.25, -0.2) is 13.6 Å². The summed E-state index contributed by atoms with van der Waals surface area (Å²) in [6.45, 7) is 3.86. The van der Waals surface area contributed by atoms with E-state index in [0.29, 0.717) is 0 Å². The quantitative estimate of drug-likeness (QED) is 0.248. The van der Waals surface area contributed by atoms with Gasteiger partial charge in [-0.05, 0) is 76.3 Å². The number of carboxylic acid groups (broad SMARTS) is 1. The molecular weight excluding hydrogens is 478 g/mol. The zero-order chi connectivity index (χ0) is 26.2. The molecule has 37 heavy (non-hydrogen) atoms. The molecule has 7 heteroatoms. The van der Waals surface area contributed by atoms with E-state index in [4.69, 9.17) is 4.42 Å². The average molecular weight is 496 g/mol. The van der Waals surface area contributed by atoms with Crippen LogP contribution < -0.4 is 5.43 Å². The predicted molar refractivity (Wildman–Crippen MR) is 138 cm³/mol. The third-order valence-electron chi connectivity index (χ3n) is 7.04. The number of carboxylic acids is 1. The molecule has 2 N–H and O–H groups in total. The molecule has 0 bridgehead atoms. The van der Waals surface area contributed by atoms with E-state index in [2.05, 4.69) is 0 Å². The normalized spacial score (nSPS) is 11.7. The van der Waals surface area contributed by atoms with Crippen molar-refractivity contribution in [3.63, 3.8) is 0 Å². The molecule has 0 aromatic heterocycles. The zero-order valence-corrected chi connectivity index (χ0v) is 19.6. The Morgan fingerprint density at radius 2 is 1.43 bits per heavy atom. The second-order valence-corrected chi connectivity index (χ2v) is 9.10. The van der Waals surface area contributed by atoms with Crippen LogP contribution in [-0.4, -0.2) is 16.2 Å². The van der Waals surface area contributed by atoms with Crippen molar-refractivity contribution >= 4 is 38.5 Å². The Hall–Kier alpha value is -4.78. The number of halogens is 2. The van der Waals surface area contributed by atoms with Crippen molar-refractivity contribution in [2.75, 3.05) is 0 Å². The molecule has 0 atom stereocenters. The molecule has 182 valence electrons. The maximum Gasteiger partial charge on any atom is 0.336 e. The Morgan fingerprint density at radius 1 is 0.784 bits per heavy atom. The average Bonchev–Trinajstić information content (AvgIpc) is 2.87. The van der Waals surface area contributed by atoms with Gasteiger partial charge >= 0.3 is 5.97 Å². The Bertz CT molecular complexity index is 1990. The molecule has 4 aromatic rings. The van der Waals surface area contributed by atoms with Crippen LogP contribution in [0.1, 0.15) is 21.5 Å². The third kappa shape index (κ3) is 3.27. The van der Waals surface area contributed by atoms with Crippen LogP contribution in [0.15, 0.2) is 69.9 Å². The monoisotopic (exact) mass is 496 g/mol. The molecule has 0 saturated heterocycles. The minimum atomic E-state index is -1.23. The fraction of sp³-hybridized carbons (Fsp3) is 0.0667. The van der Waals surface area contributed by atoms with Crippen molar-refractivity contribution in [3.8, 4) is 28.2 Å². The first-order valence-electron chi connectivity index (χ1n) is 11.4. The van der Waals surface area contributed by atoms with Crippen LogP contribution in [0.4, 0.5) is 8.78 Å². The van der Waals surface area contributed by atoms with Crippen LogP contribution in [0.2, 0.25) is 0 Å². The number of hydrogen-bond donors (Lipinski definition) is 2. The summed E-state index contributed by atoms with van der Waals surface area (Å²) in [4.78, 5) is 24.6. The number of fused-ring (bicyclic) bond motifs is 4. The van der Waals surface area contributed by atoms with E-state index < -0.39 is 28.8 Å². The maximum absolute atomic E-state index is 14.6. The lowest BCUT2D eigenvalue weighted by atomic mass is 9.85. The zero-order valence-electron chi connectivity index (χ0n) is 19.6. The minimum Gasteiger partial charge on any atom is -0.505 e. The van der Waals surface area contributed by atoms with E-state index in [9.17, 15) is 28.6 Å². The van der Waals surface area contributed by atoms with Crippen molar-refractivity contribution in [1.82, 2.24) is 0 Å². The molecule has 0 unspecified atom stereocenters. The standard InChI is InChI=1S/C30H18F2O5/c1-13-15-5-3-4-6-16(15)14(2)18-8-20(30(35)36)19(7-17(13)18)29-21-9-23(31)25(33)11-27(21)37-28-12-26(34)24(32)10-22(28)29/h3-12,33H,1-2H3,(H,35,36). The van der Waals surface area contributed by atoms with Crippen molar-refractivity contribution < 1.29 is 28.2 Å². The number of aromatic hydroxyl groups is 1. The molecule has 5 nitrogen and oxygen atoms in total. The molecule has 0 spiro atoms. The predicted octanol–water partition coefficient (Wildman–Crippen LogP) is 7.17. The number of phenols is 1. The van der Waals surface area contributed by atoms with Crippen molar-refractivity contribution in [3.05, 3.63) is 99.2 Å². The second-order valence-electron chi connectivity index (χ2n) is 9.10. The topological polar surface area (TPSA) is 87.7 Å². The van der Waals surface area contributed by atoms with Gasteiger partial charge in [0, 0.05) is 28.6 Å². The van der Waals surface area contributed by atoms with Gasteiger partial charge in [0.2, 0.25) is 5.43 Å². The van der Waals surface area contributed by atoms with E-state index >= 15 is 0 Å². The third-order valence-corrected chi connectivity index (χ3v) is 7.04. The Kier molecular flexibility index (Phi) is 4.82. The highest BCUT2D eigenvalue weighted by molar-refractivity contribution is 6.14. The molecule has 0 saturated carbocycles. The highest BCUT2D eigenvalue weighted by Gasteiger charge is 2.25. The first kappa shape index (κ1) is 22.7. The molecule has 2 aliphatic rings. The van der Waals surface area contributed by atoms with E-state index in [-0.39, 0.29) is 39.0 Å². The van der Waals surface area contributed by atoms with Crippen molar-refractivity contribution in [2.45, 2.75) is 13.8 Å². The molecule has 4 aromatic carbocycles. The molecular formula is C30H18F2O5. The van der Waals surface area contributed by atoms with Crippen LogP contribution in [0.5, 0.6) is 5.75 Å². The van der Waals surface area contributed by atoms with Crippen molar-refractivity contribution in [2.24, 2.45) is 0 Å². The summed E-state index contributed by atoms with van der Waals surface area (Å²) in [5.74, 6) is -3.95. The molecule has 1 aliphatic heterocycles. The van der Waals surface area contributed by atoms with Gasteiger partial charge < -0.3 is 14.6 Å². The van der Waals surface area contributed by atoms with E-state index in [1.807, 2.05) is 38.1 Å². The molecule has 0 radical (unpaired) electrons. The highest BCUT2D eigenvalue weighted by atomic mass is 19.1. The minimum absolute atomic E-state index is 0.00950. The number of aromatic carboxylic acids is 1. The van der Waals surface area contributed by atoms with Crippen LogP contribution >= 0.6 is 0 Å². The second kappa shape index (κ2) is 7.86. The Balaban J connectivity index is 1.86. The van der Waals surface area contributed by atoms with Crippen molar-refractivity contribution in [1.29, 1.82) is 0 Å². The van der Waals surface area contributed by atoms with E-state index in [1.54, 1.807) is 12.1 Å². The van der Waals surface area contributed by atoms with Crippen LogP contribution in [0.3, 0.4) is 0 Å². The number of benzene rings is 5. The number of phenolic OH excluding ortho intramolecular Hbond substituents is 1. The molecule has 6 rings (SSSR count). The van der Waals surface area contributed by atoms with Gasteiger partial charge in [-0.15, -0.1) is 0 Å².